The Labute approximate surface area is 183 Å². The van der Waals surface area contributed by atoms with E-state index in [-0.39, 0.29) is 5.56 Å². The molecule has 2 aromatic heterocycles. The minimum Gasteiger partial charge on any atom is -0.322 e. The van der Waals surface area contributed by atoms with Gasteiger partial charge in [-0.15, -0.1) is 0 Å². The Morgan fingerprint density at radius 2 is 1.75 bits per heavy atom. The lowest BCUT2D eigenvalue weighted by atomic mass is 10.0. The van der Waals surface area contributed by atoms with Gasteiger partial charge in [-0.3, -0.25) is 4.55 Å². The molecule has 0 aliphatic carbocycles. The van der Waals surface area contributed by atoms with E-state index in [0.717, 1.165) is 28.9 Å². The van der Waals surface area contributed by atoms with Crippen molar-refractivity contribution in [1.82, 2.24) is 19.7 Å². The number of rotatable bonds is 4. The zero-order valence-electron chi connectivity index (χ0n) is 16.6. The molecular weight excluding hydrogens is 452 g/mol. The van der Waals surface area contributed by atoms with Crippen LogP contribution in [0.4, 0.5) is 0 Å². The molecule has 9 nitrogen and oxygen atoms in total. The average molecular weight is 469 g/mol. The second kappa shape index (κ2) is 6.99. The van der Waals surface area contributed by atoms with E-state index in [1.165, 1.54) is 12.1 Å². The Hall–Kier alpha value is -3.54. The Morgan fingerprint density at radius 1 is 0.969 bits per heavy atom. The molecule has 0 atom stereocenters. The van der Waals surface area contributed by atoms with Gasteiger partial charge in [-0.05, 0) is 35.9 Å². The number of H-pyrrole nitrogens is 1. The fourth-order valence-corrected chi connectivity index (χ4v) is 6.12. The van der Waals surface area contributed by atoms with Gasteiger partial charge in [0.05, 0.1) is 27.6 Å². The fraction of sp³-hybridized carbons (Fsp3) is 0.0476. The molecule has 162 valence electrons. The maximum Gasteiger partial charge on any atom is 0.295 e. The van der Waals surface area contributed by atoms with Crippen LogP contribution in [0.1, 0.15) is 0 Å². The minimum atomic E-state index is -4.74. The van der Waals surface area contributed by atoms with E-state index in [2.05, 4.69) is 15.1 Å². The van der Waals surface area contributed by atoms with Crippen molar-refractivity contribution >= 4 is 41.9 Å². The first-order chi connectivity index (χ1) is 15.1. The molecule has 0 spiro atoms. The van der Waals surface area contributed by atoms with Crippen molar-refractivity contribution in [3.05, 3.63) is 66.9 Å². The summed E-state index contributed by atoms with van der Waals surface area (Å²) in [6.07, 6.45) is 2.51. The first-order valence-corrected chi connectivity index (χ1v) is 12.7. The van der Waals surface area contributed by atoms with Gasteiger partial charge in [0.15, 0.2) is 9.84 Å². The normalized spacial score (nSPS) is 12.6. The van der Waals surface area contributed by atoms with Crippen LogP contribution < -0.4 is 0 Å². The molecule has 5 rings (SSSR count). The maximum absolute atomic E-state index is 12.4. The first kappa shape index (κ1) is 20.4. The molecule has 5 aromatic rings. The third-order valence-electron chi connectivity index (χ3n) is 5.08. The Balaban J connectivity index is 1.69. The number of imidazole rings is 1. The lowest BCUT2D eigenvalue weighted by Gasteiger charge is -2.12. The summed E-state index contributed by atoms with van der Waals surface area (Å²) in [5.74, 6) is 0.527. The minimum absolute atomic E-state index is 0.168. The molecule has 0 bridgehead atoms. The summed E-state index contributed by atoms with van der Waals surface area (Å²) < 4.78 is 59.6. The van der Waals surface area contributed by atoms with Gasteiger partial charge in [0.1, 0.15) is 4.90 Å². The van der Waals surface area contributed by atoms with Gasteiger partial charge in [-0.1, -0.05) is 30.3 Å². The summed E-state index contributed by atoms with van der Waals surface area (Å²) in [6, 6.07) is 16.6. The van der Waals surface area contributed by atoms with E-state index in [1.54, 1.807) is 29.1 Å². The molecule has 0 fully saturated rings. The molecule has 3 aromatic carbocycles. The van der Waals surface area contributed by atoms with Gasteiger partial charge < -0.3 is 4.98 Å². The summed E-state index contributed by atoms with van der Waals surface area (Å²) in [4.78, 5) is 6.64. The lowest BCUT2D eigenvalue weighted by Crippen LogP contribution is -2.09. The summed E-state index contributed by atoms with van der Waals surface area (Å²) in [6.45, 7) is 0. The van der Waals surface area contributed by atoms with Gasteiger partial charge in [0.25, 0.3) is 10.1 Å². The second-order valence-electron chi connectivity index (χ2n) is 7.29. The topological polar surface area (TPSA) is 135 Å². The number of benzene rings is 3. The van der Waals surface area contributed by atoms with E-state index < -0.39 is 29.7 Å². The number of para-hydroxylation sites is 2. The number of fused-ring (bicyclic) bond motifs is 2. The smallest absolute Gasteiger partial charge is 0.295 e. The molecule has 2 heterocycles. The van der Waals surface area contributed by atoms with Gasteiger partial charge >= 0.3 is 0 Å². The van der Waals surface area contributed by atoms with E-state index in [1.807, 2.05) is 24.3 Å². The predicted molar refractivity (Wildman–Crippen MR) is 119 cm³/mol. The largest absolute Gasteiger partial charge is 0.322 e. The molecule has 0 saturated carbocycles. The zero-order valence-corrected chi connectivity index (χ0v) is 18.2. The van der Waals surface area contributed by atoms with Crippen molar-refractivity contribution in [3.63, 3.8) is 0 Å². The van der Waals surface area contributed by atoms with Crippen molar-refractivity contribution in [2.24, 2.45) is 0 Å². The van der Waals surface area contributed by atoms with Gasteiger partial charge in [0.2, 0.25) is 5.95 Å². The van der Waals surface area contributed by atoms with Crippen molar-refractivity contribution in [1.29, 1.82) is 0 Å². The average Bonchev–Trinajstić information content (AvgIpc) is 3.35. The van der Waals surface area contributed by atoms with Crippen LogP contribution in [0.5, 0.6) is 0 Å². The van der Waals surface area contributed by atoms with E-state index in [4.69, 9.17) is 0 Å². The van der Waals surface area contributed by atoms with Crippen LogP contribution in [0, 0.1) is 0 Å². The number of nitrogens with zero attached hydrogens (tertiary/aromatic N) is 3. The second-order valence-corrected chi connectivity index (χ2v) is 10.6. The van der Waals surface area contributed by atoms with Crippen LogP contribution in [0.15, 0.2) is 76.7 Å². The summed E-state index contributed by atoms with van der Waals surface area (Å²) >= 11 is 0. The van der Waals surface area contributed by atoms with Crippen LogP contribution in [0.2, 0.25) is 0 Å². The summed E-state index contributed by atoms with van der Waals surface area (Å²) in [5.41, 5.74) is 3.01. The van der Waals surface area contributed by atoms with Gasteiger partial charge in [0, 0.05) is 17.2 Å². The molecule has 0 radical (unpaired) electrons. The number of nitrogens with one attached hydrogen (secondary N) is 1. The highest BCUT2D eigenvalue weighted by Crippen LogP contribution is 2.34. The Bertz CT molecular complexity index is 1700. The van der Waals surface area contributed by atoms with Crippen molar-refractivity contribution in [3.8, 4) is 17.1 Å². The van der Waals surface area contributed by atoms with E-state index >= 15 is 0 Å². The van der Waals surface area contributed by atoms with Crippen molar-refractivity contribution in [2.75, 3.05) is 6.26 Å². The quantitative estimate of drug-likeness (QED) is 0.387. The van der Waals surface area contributed by atoms with Gasteiger partial charge in [-0.2, -0.15) is 18.2 Å². The van der Waals surface area contributed by atoms with Crippen molar-refractivity contribution in [2.45, 2.75) is 9.79 Å². The molecule has 0 saturated heterocycles. The maximum atomic E-state index is 12.4. The highest BCUT2D eigenvalue weighted by molar-refractivity contribution is 7.92. The highest BCUT2D eigenvalue weighted by Gasteiger charge is 2.26. The number of sulfone groups is 1. The van der Waals surface area contributed by atoms with Crippen LogP contribution in [-0.4, -0.2) is 47.4 Å². The molecule has 32 heavy (non-hydrogen) atoms. The van der Waals surface area contributed by atoms with Crippen LogP contribution in [0.3, 0.4) is 0 Å². The zero-order chi connectivity index (χ0) is 22.7. The molecular formula is C21H16N4O5S2. The van der Waals surface area contributed by atoms with E-state index in [0.29, 0.717) is 16.9 Å². The first-order valence-electron chi connectivity index (χ1n) is 9.37. The molecule has 11 heteroatoms. The number of aromatic nitrogens is 4. The lowest BCUT2D eigenvalue weighted by molar-refractivity contribution is 0.480. The molecule has 0 aliphatic rings. The van der Waals surface area contributed by atoms with Gasteiger partial charge in [-0.25, -0.2) is 13.4 Å². The number of hydrogen-bond donors (Lipinski definition) is 2. The molecule has 0 aliphatic heterocycles. The third-order valence-corrected chi connectivity index (χ3v) is 7.29. The van der Waals surface area contributed by atoms with Crippen LogP contribution in [0.25, 0.3) is 39.0 Å². The number of aromatic amines is 1. The van der Waals surface area contributed by atoms with Crippen LogP contribution >= 0.6 is 0 Å². The fourth-order valence-electron chi connectivity index (χ4n) is 3.74. The Kier molecular flexibility index (Phi) is 4.45. The van der Waals surface area contributed by atoms with Crippen LogP contribution in [-0.2, 0) is 20.0 Å². The third kappa shape index (κ3) is 3.36. The molecule has 2 N–H and O–H groups in total. The summed E-state index contributed by atoms with van der Waals surface area (Å²) in [5, 5.41) is 5.09. The highest BCUT2D eigenvalue weighted by atomic mass is 32.2. The monoisotopic (exact) mass is 468 g/mol. The van der Waals surface area contributed by atoms with E-state index in [9.17, 15) is 21.4 Å². The number of hydrogen-bond acceptors (Lipinski definition) is 6. The molecule has 0 unspecified atom stereocenters. The standard InChI is InChI=1S/C21H16N4O5S2/c1-31(26,27)20-15(5-4-8-19(20)32(28,29)30)13-9-10-18-14(11-13)12-22-25(18)21-23-16-6-2-3-7-17(16)24-21/h2-12H,1H3,(H,23,24)(H,28,29,30). The van der Waals surface area contributed by atoms with Crippen molar-refractivity contribution < 1.29 is 21.4 Å². The SMILES string of the molecule is CS(=O)(=O)c1c(-c2ccc3c(cnn3-c3nc4ccccc4[nH]3)c2)cccc1S(=O)(=O)O. The Morgan fingerprint density at radius 3 is 2.47 bits per heavy atom. The summed E-state index contributed by atoms with van der Waals surface area (Å²) in [7, 11) is -8.72. The predicted octanol–water partition coefficient (Wildman–Crippen LogP) is 3.22. The molecule has 0 amide bonds.